The van der Waals surface area contributed by atoms with Crippen LogP contribution in [-0.4, -0.2) is 21.6 Å². The summed E-state index contributed by atoms with van der Waals surface area (Å²) in [7, 11) is 0. The van der Waals surface area contributed by atoms with Crippen LogP contribution in [0, 0.1) is 18.3 Å². The number of rotatable bonds is 5. The molecule has 0 radical (unpaired) electrons. The van der Waals surface area contributed by atoms with Gasteiger partial charge in [-0.15, -0.1) is 11.3 Å². The quantitative estimate of drug-likeness (QED) is 0.643. The molecule has 0 bridgehead atoms. The number of carbonyl (C=O) groups is 1. The monoisotopic (exact) mass is 334 g/mol. The number of thioether (sulfide) groups is 1. The van der Waals surface area contributed by atoms with Crippen LogP contribution in [0.15, 0.2) is 27.3 Å². The van der Waals surface area contributed by atoms with E-state index in [4.69, 9.17) is 5.26 Å². The minimum Gasteiger partial charge on any atom is -0.348 e. The van der Waals surface area contributed by atoms with E-state index in [9.17, 15) is 9.59 Å². The van der Waals surface area contributed by atoms with Crippen molar-refractivity contribution in [2.75, 3.05) is 5.75 Å². The smallest absolute Gasteiger partial charge is 0.346 e. The van der Waals surface area contributed by atoms with Crippen LogP contribution in [0.1, 0.15) is 29.1 Å². The van der Waals surface area contributed by atoms with Gasteiger partial charge in [0.25, 0.3) is 0 Å². The highest BCUT2D eigenvalue weighted by Gasteiger charge is 2.14. The Hall–Kier alpha value is -2.11. The number of H-pyrrole nitrogens is 1. The summed E-state index contributed by atoms with van der Waals surface area (Å²) in [5, 5.41) is 14.2. The van der Waals surface area contributed by atoms with E-state index in [1.165, 1.54) is 0 Å². The van der Waals surface area contributed by atoms with Gasteiger partial charge < -0.3 is 10.3 Å². The summed E-state index contributed by atoms with van der Waals surface area (Å²) in [6.07, 6.45) is 0. The van der Waals surface area contributed by atoms with E-state index < -0.39 is 5.69 Å². The third-order valence-corrected chi connectivity index (χ3v) is 4.92. The molecule has 0 spiro atoms. The highest BCUT2D eigenvalue weighted by Crippen LogP contribution is 2.21. The van der Waals surface area contributed by atoms with Gasteiger partial charge in [-0.2, -0.15) is 10.2 Å². The number of thiophene rings is 1. The normalized spacial score (nSPS) is 11.7. The maximum atomic E-state index is 12.0. The number of hydrogen-bond acceptors (Lipinski definition) is 6. The largest absolute Gasteiger partial charge is 0.348 e. The van der Waals surface area contributed by atoms with Gasteiger partial charge in [0.05, 0.1) is 11.8 Å². The Balaban J connectivity index is 2.00. The van der Waals surface area contributed by atoms with Crippen LogP contribution in [0.4, 0.5) is 0 Å². The predicted octanol–water partition coefficient (Wildman–Crippen LogP) is 1.98. The number of nitrogens with zero attached hydrogens (tertiary/aromatic N) is 2. The average Bonchev–Trinajstić information content (AvgIpc) is 2.99. The number of nitriles is 1. The zero-order chi connectivity index (χ0) is 16.1. The van der Waals surface area contributed by atoms with Crippen molar-refractivity contribution in [3.05, 3.63) is 44.1 Å². The Morgan fingerprint density at radius 3 is 3.05 bits per heavy atom. The number of aromatic amines is 1. The third kappa shape index (κ3) is 3.96. The Morgan fingerprint density at radius 1 is 1.64 bits per heavy atom. The van der Waals surface area contributed by atoms with Crippen LogP contribution >= 0.6 is 23.1 Å². The van der Waals surface area contributed by atoms with E-state index >= 15 is 0 Å². The summed E-state index contributed by atoms with van der Waals surface area (Å²) in [5.41, 5.74) is 0.229. The molecule has 1 amide bonds. The van der Waals surface area contributed by atoms with Crippen molar-refractivity contribution in [1.29, 1.82) is 5.26 Å². The van der Waals surface area contributed by atoms with Crippen molar-refractivity contribution in [2.45, 2.75) is 24.9 Å². The second kappa shape index (κ2) is 7.24. The molecule has 2 aromatic rings. The molecule has 0 aliphatic carbocycles. The fourth-order valence-corrected chi connectivity index (χ4v) is 3.40. The first kappa shape index (κ1) is 16.3. The minimum absolute atomic E-state index is 0.0718. The maximum absolute atomic E-state index is 12.0. The summed E-state index contributed by atoms with van der Waals surface area (Å²) >= 11 is 2.66. The van der Waals surface area contributed by atoms with Crippen LogP contribution in [0.2, 0.25) is 0 Å². The summed E-state index contributed by atoms with van der Waals surface area (Å²) < 4.78 is 0. The van der Waals surface area contributed by atoms with Gasteiger partial charge >= 0.3 is 5.69 Å². The van der Waals surface area contributed by atoms with Crippen LogP contribution in [-0.2, 0) is 4.79 Å². The molecule has 2 N–H and O–H groups in total. The lowest BCUT2D eigenvalue weighted by Crippen LogP contribution is -2.28. The van der Waals surface area contributed by atoms with E-state index in [0.29, 0.717) is 11.3 Å². The molecule has 0 aliphatic rings. The van der Waals surface area contributed by atoms with Gasteiger partial charge in [0, 0.05) is 10.6 Å². The number of carbonyl (C=O) groups excluding carboxylic acids is 1. The first-order valence-corrected chi connectivity index (χ1v) is 8.34. The molecule has 22 heavy (non-hydrogen) atoms. The Bertz CT molecular complexity index is 762. The molecule has 0 saturated carbocycles. The topological polar surface area (TPSA) is 98.6 Å². The van der Waals surface area contributed by atoms with E-state index in [0.717, 1.165) is 16.6 Å². The minimum atomic E-state index is -0.522. The van der Waals surface area contributed by atoms with Crippen LogP contribution in [0.25, 0.3) is 0 Å². The average molecular weight is 334 g/mol. The van der Waals surface area contributed by atoms with Crippen LogP contribution in [0.5, 0.6) is 0 Å². The van der Waals surface area contributed by atoms with Crippen molar-refractivity contribution >= 4 is 29.0 Å². The van der Waals surface area contributed by atoms with E-state index in [-0.39, 0.29) is 22.7 Å². The van der Waals surface area contributed by atoms with Gasteiger partial charge in [0.15, 0.2) is 0 Å². The Labute approximate surface area is 135 Å². The summed E-state index contributed by atoms with van der Waals surface area (Å²) in [5.74, 6) is -0.0742. The van der Waals surface area contributed by atoms with Crippen LogP contribution in [0.3, 0.4) is 0 Å². The molecule has 0 unspecified atom stereocenters. The molecule has 2 aromatic heterocycles. The lowest BCUT2D eigenvalue weighted by molar-refractivity contribution is -0.119. The molecule has 114 valence electrons. The Kier molecular flexibility index (Phi) is 5.35. The number of amides is 1. The van der Waals surface area contributed by atoms with Crippen molar-refractivity contribution in [1.82, 2.24) is 15.3 Å². The van der Waals surface area contributed by atoms with Crippen molar-refractivity contribution < 1.29 is 4.79 Å². The van der Waals surface area contributed by atoms with Crippen molar-refractivity contribution in [3.63, 3.8) is 0 Å². The predicted molar refractivity (Wildman–Crippen MR) is 85.9 cm³/mol. The molecule has 2 heterocycles. The molecule has 2 rings (SSSR count). The molecule has 8 heteroatoms. The standard InChI is InChI=1S/C14H14N4O2S2/c1-8-10(6-15)13(18-14(20)17-8)22-7-12(19)16-9(2)11-4-3-5-21-11/h3-5,9H,7H2,1-2H3,(H,16,19)(H,17,18,20)/t9-/m1/s1. The highest BCUT2D eigenvalue weighted by atomic mass is 32.2. The zero-order valence-corrected chi connectivity index (χ0v) is 13.7. The summed E-state index contributed by atoms with van der Waals surface area (Å²) in [6.45, 7) is 3.54. The van der Waals surface area contributed by atoms with E-state index in [1.54, 1.807) is 18.3 Å². The number of nitrogens with one attached hydrogen (secondary N) is 2. The molecular weight excluding hydrogens is 320 g/mol. The van der Waals surface area contributed by atoms with Gasteiger partial charge in [-0.1, -0.05) is 17.8 Å². The zero-order valence-electron chi connectivity index (χ0n) is 12.0. The summed E-state index contributed by atoms with van der Waals surface area (Å²) in [4.78, 5) is 30.6. The fourth-order valence-electron chi connectivity index (χ4n) is 1.82. The maximum Gasteiger partial charge on any atom is 0.346 e. The lowest BCUT2D eigenvalue weighted by atomic mass is 10.3. The second-order valence-corrected chi connectivity index (χ2v) is 6.50. The van der Waals surface area contributed by atoms with Gasteiger partial charge in [0.1, 0.15) is 16.7 Å². The highest BCUT2D eigenvalue weighted by molar-refractivity contribution is 8.00. The molecule has 0 fully saturated rings. The fraction of sp³-hybridized carbons (Fsp3) is 0.286. The van der Waals surface area contributed by atoms with E-state index in [1.807, 2.05) is 30.5 Å². The molecular formula is C14H14N4O2S2. The lowest BCUT2D eigenvalue weighted by Gasteiger charge is -2.12. The number of aromatic nitrogens is 2. The third-order valence-electron chi connectivity index (χ3n) is 2.89. The SMILES string of the molecule is Cc1[nH]c(=O)nc(SCC(=O)N[C@H](C)c2cccs2)c1C#N. The second-order valence-electron chi connectivity index (χ2n) is 4.55. The summed E-state index contributed by atoms with van der Waals surface area (Å²) in [6, 6.07) is 5.81. The molecule has 0 aromatic carbocycles. The molecule has 0 saturated heterocycles. The molecule has 1 atom stereocenters. The van der Waals surface area contributed by atoms with Gasteiger partial charge in [-0.05, 0) is 25.3 Å². The van der Waals surface area contributed by atoms with Gasteiger partial charge in [-0.25, -0.2) is 4.79 Å². The van der Waals surface area contributed by atoms with Crippen molar-refractivity contribution in [2.24, 2.45) is 0 Å². The van der Waals surface area contributed by atoms with Gasteiger partial charge in [0.2, 0.25) is 5.91 Å². The number of aryl methyl sites for hydroxylation is 1. The molecule has 6 nitrogen and oxygen atoms in total. The first-order chi connectivity index (χ1) is 10.5. The van der Waals surface area contributed by atoms with Crippen LogP contribution < -0.4 is 11.0 Å². The molecule has 0 aliphatic heterocycles. The van der Waals surface area contributed by atoms with E-state index in [2.05, 4.69) is 15.3 Å². The number of hydrogen-bond donors (Lipinski definition) is 2. The first-order valence-electron chi connectivity index (χ1n) is 6.48. The van der Waals surface area contributed by atoms with Gasteiger partial charge in [-0.3, -0.25) is 4.79 Å². The Morgan fingerprint density at radius 2 is 2.41 bits per heavy atom. The van der Waals surface area contributed by atoms with Crippen molar-refractivity contribution in [3.8, 4) is 6.07 Å².